The monoisotopic (exact) mass is 289 g/mol. The van der Waals surface area contributed by atoms with Crippen LogP contribution < -0.4 is 5.73 Å². The maximum atomic E-state index is 6.00. The lowest BCUT2D eigenvalue weighted by atomic mass is 10.0. The van der Waals surface area contributed by atoms with Gasteiger partial charge in [0.05, 0.1) is 0 Å². The van der Waals surface area contributed by atoms with E-state index in [9.17, 15) is 0 Å². The molecule has 17 heavy (non-hydrogen) atoms. The lowest BCUT2D eigenvalue weighted by Crippen LogP contribution is -2.07. The normalized spacial score (nSPS) is 12.4. The van der Waals surface area contributed by atoms with Gasteiger partial charge in [0.15, 0.2) is 0 Å². The van der Waals surface area contributed by atoms with Crippen LogP contribution in [0, 0.1) is 0 Å². The Morgan fingerprint density at radius 2 is 1.41 bits per heavy atom. The Labute approximate surface area is 111 Å². The minimum absolute atomic E-state index is 0.147. The SMILES string of the molecule is CCC(N)c1ccc(-c2ccc(Br)cc2)cc1. The van der Waals surface area contributed by atoms with Gasteiger partial charge < -0.3 is 5.73 Å². The molecule has 1 unspecified atom stereocenters. The van der Waals surface area contributed by atoms with Gasteiger partial charge in [0.2, 0.25) is 0 Å². The molecule has 2 aromatic carbocycles. The topological polar surface area (TPSA) is 26.0 Å². The number of hydrogen-bond acceptors (Lipinski definition) is 1. The van der Waals surface area contributed by atoms with Gasteiger partial charge in [0, 0.05) is 10.5 Å². The highest BCUT2D eigenvalue weighted by Crippen LogP contribution is 2.23. The molecule has 2 rings (SSSR count). The van der Waals surface area contributed by atoms with Crippen molar-refractivity contribution >= 4 is 15.9 Å². The highest BCUT2D eigenvalue weighted by Gasteiger charge is 2.03. The minimum atomic E-state index is 0.147. The van der Waals surface area contributed by atoms with Crippen molar-refractivity contribution in [3.05, 3.63) is 58.6 Å². The Bertz CT molecular complexity index is 473. The maximum Gasteiger partial charge on any atom is 0.0292 e. The number of rotatable bonds is 3. The molecule has 0 saturated carbocycles. The molecule has 0 aliphatic rings. The minimum Gasteiger partial charge on any atom is -0.324 e. The molecule has 0 spiro atoms. The lowest BCUT2D eigenvalue weighted by Gasteiger charge is -2.10. The van der Waals surface area contributed by atoms with E-state index in [1.54, 1.807) is 0 Å². The van der Waals surface area contributed by atoms with Crippen LogP contribution in [0.5, 0.6) is 0 Å². The third kappa shape index (κ3) is 2.96. The first-order valence-electron chi connectivity index (χ1n) is 5.82. The molecular formula is C15H16BrN. The Balaban J connectivity index is 2.26. The number of halogens is 1. The van der Waals surface area contributed by atoms with E-state index in [2.05, 4.69) is 71.4 Å². The highest BCUT2D eigenvalue weighted by atomic mass is 79.9. The molecular weight excluding hydrogens is 274 g/mol. The van der Waals surface area contributed by atoms with E-state index < -0.39 is 0 Å². The zero-order valence-electron chi connectivity index (χ0n) is 9.86. The van der Waals surface area contributed by atoms with Crippen LogP contribution in [-0.2, 0) is 0 Å². The fourth-order valence-electron chi connectivity index (χ4n) is 1.80. The second-order valence-corrected chi connectivity index (χ2v) is 5.06. The average molecular weight is 290 g/mol. The van der Waals surface area contributed by atoms with Crippen LogP contribution in [-0.4, -0.2) is 0 Å². The number of hydrogen-bond donors (Lipinski definition) is 1. The first kappa shape index (κ1) is 12.3. The largest absolute Gasteiger partial charge is 0.324 e. The first-order valence-corrected chi connectivity index (χ1v) is 6.61. The summed E-state index contributed by atoms with van der Waals surface area (Å²) in [5.41, 5.74) is 9.65. The van der Waals surface area contributed by atoms with Crippen molar-refractivity contribution in [2.75, 3.05) is 0 Å². The molecule has 0 saturated heterocycles. The standard InChI is InChI=1S/C15H16BrN/c1-2-15(17)13-5-3-11(4-6-13)12-7-9-14(16)10-8-12/h3-10,15H,2,17H2,1H3. The summed E-state index contributed by atoms with van der Waals surface area (Å²) < 4.78 is 1.10. The number of nitrogens with two attached hydrogens (primary N) is 1. The van der Waals surface area contributed by atoms with E-state index in [1.165, 1.54) is 16.7 Å². The van der Waals surface area contributed by atoms with E-state index in [0.717, 1.165) is 10.9 Å². The molecule has 0 radical (unpaired) electrons. The molecule has 2 aromatic rings. The third-order valence-corrected chi connectivity index (χ3v) is 3.48. The summed E-state index contributed by atoms with van der Waals surface area (Å²) in [6, 6.07) is 17.0. The summed E-state index contributed by atoms with van der Waals surface area (Å²) >= 11 is 3.44. The van der Waals surface area contributed by atoms with Crippen molar-refractivity contribution < 1.29 is 0 Å². The van der Waals surface area contributed by atoms with Gasteiger partial charge in [0.1, 0.15) is 0 Å². The molecule has 0 bridgehead atoms. The third-order valence-electron chi connectivity index (χ3n) is 2.96. The van der Waals surface area contributed by atoms with Crippen LogP contribution in [0.15, 0.2) is 53.0 Å². The summed E-state index contributed by atoms with van der Waals surface area (Å²) in [6.07, 6.45) is 0.970. The fraction of sp³-hybridized carbons (Fsp3) is 0.200. The predicted octanol–water partition coefficient (Wildman–Crippen LogP) is 4.53. The van der Waals surface area contributed by atoms with Gasteiger partial charge in [-0.25, -0.2) is 0 Å². The van der Waals surface area contributed by atoms with Crippen molar-refractivity contribution in [2.45, 2.75) is 19.4 Å². The van der Waals surface area contributed by atoms with E-state index >= 15 is 0 Å². The first-order chi connectivity index (χ1) is 8.20. The summed E-state index contributed by atoms with van der Waals surface area (Å²) in [4.78, 5) is 0. The van der Waals surface area contributed by atoms with Crippen LogP contribution in [0.3, 0.4) is 0 Å². The van der Waals surface area contributed by atoms with Crippen molar-refractivity contribution in [2.24, 2.45) is 5.73 Å². The molecule has 0 amide bonds. The van der Waals surface area contributed by atoms with E-state index in [1.807, 2.05) is 0 Å². The van der Waals surface area contributed by atoms with Gasteiger partial charge in [0.25, 0.3) is 0 Å². The Morgan fingerprint density at radius 1 is 0.941 bits per heavy atom. The van der Waals surface area contributed by atoms with Gasteiger partial charge in [-0.1, -0.05) is 59.3 Å². The van der Waals surface area contributed by atoms with Crippen molar-refractivity contribution in [3.63, 3.8) is 0 Å². The summed E-state index contributed by atoms with van der Waals surface area (Å²) in [7, 11) is 0. The molecule has 0 aliphatic heterocycles. The summed E-state index contributed by atoms with van der Waals surface area (Å²) in [5, 5.41) is 0. The summed E-state index contributed by atoms with van der Waals surface area (Å²) in [5.74, 6) is 0. The van der Waals surface area contributed by atoms with Crippen LogP contribution in [0.2, 0.25) is 0 Å². The lowest BCUT2D eigenvalue weighted by molar-refractivity contribution is 0.699. The van der Waals surface area contributed by atoms with E-state index in [4.69, 9.17) is 5.73 Å². The number of benzene rings is 2. The van der Waals surface area contributed by atoms with Gasteiger partial charge in [-0.3, -0.25) is 0 Å². The zero-order chi connectivity index (χ0) is 12.3. The zero-order valence-corrected chi connectivity index (χ0v) is 11.4. The Hall–Kier alpha value is -1.12. The summed E-state index contributed by atoms with van der Waals surface area (Å²) in [6.45, 7) is 2.10. The molecule has 0 aromatic heterocycles. The second-order valence-electron chi connectivity index (χ2n) is 4.14. The van der Waals surface area contributed by atoms with Crippen LogP contribution in [0.1, 0.15) is 24.9 Å². The fourth-order valence-corrected chi connectivity index (χ4v) is 2.07. The van der Waals surface area contributed by atoms with Gasteiger partial charge >= 0.3 is 0 Å². The molecule has 0 heterocycles. The van der Waals surface area contributed by atoms with Gasteiger partial charge in [-0.2, -0.15) is 0 Å². The molecule has 1 atom stereocenters. The molecule has 1 nitrogen and oxygen atoms in total. The predicted molar refractivity (Wildman–Crippen MR) is 76.8 cm³/mol. The van der Waals surface area contributed by atoms with Gasteiger partial charge in [-0.05, 0) is 35.2 Å². The van der Waals surface area contributed by atoms with Crippen molar-refractivity contribution in [1.82, 2.24) is 0 Å². The van der Waals surface area contributed by atoms with Gasteiger partial charge in [-0.15, -0.1) is 0 Å². The highest BCUT2D eigenvalue weighted by molar-refractivity contribution is 9.10. The second kappa shape index (κ2) is 5.48. The van der Waals surface area contributed by atoms with Crippen molar-refractivity contribution in [3.8, 4) is 11.1 Å². The van der Waals surface area contributed by atoms with E-state index in [-0.39, 0.29) is 6.04 Å². The maximum absolute atomic E-state index is 6.00. The molecule has 2 N–H and O–H groups in total. The van der Waals surface area contributed by atoms with Crippen LogP contribution in [0.25, 0.3) is 11.1 Å². The average Bonchev–Trinajstić information content (AvgIpc) is 2.39. The van der Waals surface area contributed by atoms with Crippen LogP contribution in [0.4, 0.5) is 0 Å². The molecule has 88 valence electrons. The quantitative estimate of drug-likeness (QED) is 0.883. The van der Waals surface area contributed by atoms with E-state index in [0.29, 0.717) is 0 Å². The molecule has 0 aliphatic carbocycles. The van der Waals surface area contributed by atoms with Crippen LogP contribution >= 0.6 is 15.9 Å². The van der Waals surface area contributed by atoms with Crippen molar-refractivity contribution in [1.29, 1.82) is 0 Å². The molecule has 2 heteroatoms. The Kier molecular flexibility index (Phi) is 3.97. The Morgan fingerprint density at radius 3 is 1.88 bits per heavy atom. The smallest absolute Gasteiger partial charge is 0.0292 e. The molecule has 0 fully saturated rings.